The van der Waals surface area contributed by atoms with Crippen LogP contribution >= 0.6 is 15.9 Å². The van der Waals surface area contributed by atoms with E-state index in [1.54, 1.807) is 4.90 Å². The van der Waals surface area contributed by atoms with Crippen molar-refractivity contribution in [3.8, 4) is 0 Å². The highest BCUT2D eigenvalue weighted by molar-refractivity contribution is 9.10. The molecule has 1 radical (unpaired) electrons. The van der Waals surface area contributed by atoms with Crippen molar-refractivity contribution in [2.24, 2.45) is 11.1 Å². The molecule has 2 fully saturated rings. The van der Waals surface area contributed by atoms with Gasteiger partial charge in [0.15, 0.2) is 0 Å². The molecule has 6 heteroatoms. The summed E-state index contributed by atoms with van der Waals surface area (Å²) in [6, 6.07) is 17.7. The Bertz CT molecular complexity index is 908. The minimum absolute atomic E-state index is 0.0923. The Morgan fingerprint density at radius 2 is 1.77 bits per heavy atom. The lowest BCUT2D eigenvalue weighted by molar-refractivity contribution is -0.141. The number of nitrogens with two attached hydrogens (primary N) is 1. The second-order valence-electron chi connectivity index (χ2n) is 8.71. The van der Waals surface area contributed by atoms with Gasteiger partial charge in [0.25, 0.3) is 0 Å². The lowest BCUT2D eigenvalue weighted by Gasteiger charge is -2.38. The number of halogens is 1. The van der Waals surface area contributed by atoms with Gasteiger partial charge in [-0.2, -0.15) is 0 Å². The number of rotatable bonds is 7. The SMILES string of the molecule is NC(=O)[C@H]1CC2(CCN(CC[CH]c3ccccc3)CC2)C(=O)N1Cc1ccc(Br)cc1. The fraction of sp³-hybridized carbons (Fsp3) is 0.400. The van der Waals surface area contributed by atoms with E-state index in [0.717, 1.165) is 48.9 Å². The Morgan fingerprint density at radius 1 is 1.10 bits per heavy atom. The van der Waals surface area contributed by atoms with Gasteiger partial charge in [-0.15, -0.1) is 0 Å². The number of nitrogens with zero attached hydrogens (tertiary/aromatic N) is 2. The van der Waals surface area contributed by atoms with Crippen molar-refractivity contribution in [3.05, 3.63) is 76.6 Å². The summed E-state index contributed by atoms with van der Waals surface area (Å²) in [5.74, 6) is -0.308. The molecule has 5 nitrogen and oxygen atoms in total. The molecule has 0 aliphatic carbocycles. The van der Waals surface area contributed by atoms with Crippen molar-refractivity contribution in [1.29, 1.82) is 0 Å². The molecule has 2 aromatic carbocycles. The van der Waals surface area contributed by atoms with Crippen molar-refractivity contribution in [3.63, 3.8) is 0 Å². The van der Waals surface area contributed by atoms with Crippen LogP contribution in [0, 0.1) is 11.8 Å². The van der Waals surface area contributed by atoms with Crippen LogP contribution in [-0.2, 0) is 16.1 Å². The predicted molar refractivity (Wildman–Crippen MR) is 125 cm³/mol. The van der Waals surface area contributed by atoms with Crippen LogP contribution in [0.25, 0.3) is 0 Å². The predicted octanol–water partition coefficient (Wildman–Crippen LogP) is 3.76. The molecule has 2 aliphatic heterocycles. The Hall–Kier alpha value is -2.18. The highest BCUT2D eigenvalue weighted by atomic mass is 79.9. The van der Waals surface area contributed by atoms with Crippen LogP contribution in [0.15, 0.2) is 59.1 Å². The standard InChI is InChI=1S/C25H29BrN3O2/c26-21-10-8-20(9-11-21)18-29-22(23(27)30)17-25(24(29)31)12-15-28(16-13-25)14-4-7-19-5-2-1-3-6-19/h1-3,5-11,22H,4,12-18H2,(H2,27,30)/t22-/m1/s1. The molecule has 0 aromatic heterocycles. The van der Waals surface area contributed by atoms with Crippen LogP contribution in [0.4, 0.5) is 0 Å². The van der Waals surface area contributed by atoms with Crippen molar-refractivity contribution < 1.29 is 9.59 Å². The molecule has 0 unspecified atom stereocenters. The Kier molecular flexibility index (Phi) is 6.77. The summed E-state index contributed by atoms with van der Waals surface area (Å²) in [5, 5.41) is 0. The van der Waals surface area contributed by atoms with E-state index in [1.165, 1.54) is 5.56 Å². The number of piperidine rings is 1. The fourth-order valence-electron chi connectivity index (χ4n) is 4.86. The number of benzene rings is 2. The van der Waals surface area contributed by atoms with Crippen LogP contribution in [-0.4, -0.2) is 47.3 Å². The van der Waals surface area contributed by atoms with Gasteiger partial charge in [-0.05, 0) is 75.0 Å². The summed E-state index contributed by atoms with van der Waals surface area (Å²) in [6.45, 7) is 3.18. The molecule has 2 heterocycles. The summed E-state index contributed by atoms with van der Waals surface area (Å²) >= 11 is 3.44. The molecular formula is C25H29BrN3O2. The first-order valence-electron chi connectivity index (χ1n) is 10.9. The van der Waals surface area contributed by atoms with E-state index in [2.05, 4.69) is 51.5 Å². The number of amides is 2. The third-order valence-electron chi connectivity index (χ3n) is 6.71. The smallest absolute Gasteiger partial charge is 0.240 e. The molecule has 4 rings (SSSR count). The van der Waals surface area contributed by atoms with Gasteiger partial charge in [0, 0.05) is 11.0 Å². The fourth-order valence-corrected chi connectivity index (χ4v) is 5.13. The van der Waals surface area contributed by atoms with Crippen LogP contribution in [0.5, 0.6) is 0 Å². The van der Waals surface area contributed by atoms with E-state index in [-0.39, 0.29) is 5.91 Å². The van der Waals surface area contributed by atoms with E-state index in [0.29, 0.717) is 13.0 Å². The van der Waals surface area contributed by atoms with E-state index in [4.69, 9.17) is 5.73 Å². The number of primary amides is 1. The third kappa shape index (κ3) is 5.01. The molecule has 1 atom stereocenters. The molecule has 2 aliphatic rings. The van der Waals surface area contributed by atoms with Gasteiger partial charge in [0.05, 0.1) is 5.41 Å². The molecular weight excluding hydrogens is 454 g/mol. The van der Waals surface area contributed by atoms with Gasteiger partial charge >= 0.3 is 0 Å². The molecule has 2 amide bonds. The average Bonchev–Trinajstić information content (AvgIpc) is 3.04. The second kappa shape index (κ2) is 9.53. The highest BCUT2D eigenvalue weighted by Crippen LogP contribution is 2.45. The number of carbonyl (C=O) groups is 2. The van der Waals surface area contributed by atoms with Gasteiger partial charge in [0.2, 0.25) is 11.8 Å². The minimum atomic E-state index is -0.519. The number of hydrogen-bond donors (Lipinski definition) is 1. The molecule has 2 N–H and O–H groups in total. The molecule has 0 saturated carbocycles. The van der Waals surface area contributed by atoms with Crippen LogP contribution in [0.3, 0.4) is 0 Å². The van der Waals surface area contributed by atoms with Crippen molar-refractivity contribution in [2.75, 3.05) is 19.6 Å². The summed E-state index contributed by atoms with van der Waals surface area (Å²) in [4.78, 5) is 29.8. The lowest BCUT2D eigenvalue weighted by Crippen LogP contribution is -2.45. The quantitative estimate of drug-likeness (QED) is 0.652. The summed E-state index contributed by atoms with van der Waals surface area (Å²) in [5.41, 5.74) is 7.52. The zero-order chi connectivity index (χ0) is 21.8. The van der Waals surface area contributed by atoms with Crippen molar-refractivity contribution in [1.82, 2.24) is 9.80 Å². The number of likely N-dealkylation sites (tertiary alicyclic amines) is 2. The maximum absolute atomic E-state index is 13.5. The zero-order valence-electron chi connectivity index (χ0n) is 17.7. The lowest BCUT2D eigenvalue weighted by atomic mass is 9.76. The van der Waals surface area contributed by atoms with E-state index >= 15 is 0 Å². The molecule has 31 heavy (non-hydrogen) atoms. The molecule has 1 spiro atoms. The number of hydrogen-bond acceptors (Lipinski definition) is 3. The minimum Gasteiger partial charge on any atom is -0.368 e. The first kappa shape index (κ1) is 22.0. The van der Waals surface area contributed by atoms with Gasteiger partial charge in [-0.3, -0.25) is 9.59 Å². The molecule has 2 aromatic rings. The monoisotopic (exact) mass is 482 g/mol. The Morgan fingerprint density at radius 3 is 2.42 bits per heavy atom. The van der Waals surface area contributed by atoms with Gasteiger partial charge in [-0.25, -0.2) is 0 Å². The van der Waals surface area contributed by atoms with Gasteiger partial charge in [0.1, 0.15) is 6.04 Å². The summed E-state index contributed by atoms with van der Waals surface area (Å²) in [6.07, 6.45) is 5.37. The van der Waals surface area contributed by atoms with E-state index in [9.17, 15) is 9.59 Å². The third-order valence-corrected chi connectivity index (χ3v) is 7.24. The van der Waals surface area contributed by atoms with Crippen LogP contribution < -0.4 is 5.73 Å². The Labute approximate surface area is 192 Å². The maximum atomic E-state index is 13.5. The largest absolute Gasteiger partial charge is 0.368 e. The van der Waals surface area contributed by atoms with E-state index < -0.39 is 17.4 Å². The zero-order valence-corrected chi connectivity index (χ0v) is 19.3. The maximum Gasteiger partial charge on any atom is 0.240 e. The first-order valence-corrected chi connectivity index (χ1v) is 11.7. The molecule has 2 saturated heterocycles. The first-order chi connectivity index (χ1) is 15.0. The highest BCUT2D eigenvalue weighted by Gasteiger charge is 2.53. The Balaban J connectivity index is 1.36. The molecule has 0 bridgehead atoms. The number of carbonyl (C=O) groups excluding carboxylic acids is 2. The summed E-state index contributed by atoms with van der Waals surface area (Å²) < 4.78 is 0.990. The normalized spacial score (nSPS) is 21.0. The second-order valence-corrected chi connectivity index (χ2v) is 9.62. The van der Waals surface area contributed by atoms with Crippen LogP contribution in [0.1, 0.15) is 36.8 Å². The van der Waals surface area contributed by atoms with Gasteiger partial charge < -0.3 is 15.5 Å². The van der Waals surface area contributed by atoms with Crippen molar-refractivity contribution >= 4 is 27.7 Å². The van der Waals surface area contributed by atoms with Gasteiger partial charge in [-0.1, -0.05) is 58.4 Å². The van der Waals surface area contributed by atoms with Crippen molar-refractivity contribution in [2.45, 2.75) is 38.3 Å². The molecule has 163 valence electrons. The topological polar surface area (TPSA) is 66.6 Å². The van der Waals surface area contributed by atoms with Crippen LogP contribution in [0.2, 0.25) is 0 Å². The average molecular weight is 483 g/mol. The summed E-state index contributed by atoms with van der Waals surface area (Å²) in [7, 11) is 0. The van der Waals surface area contributed by atoms with E-state index in [1.807, 2.05) is 30.3 Å².